The number of aryl methyl sites for hydroxylation is 1. The van der Waals surface area contributed by atoms with Crippen LogP contribution in [0.1, 0.15) is 28.3 Å². The first-order chi connectivity index (χ1) is 10.6. The van der Waals surface area contributed by atoms with E-state index in [9.17, 15) is 9.59 Å². The number of nitrogens with one attached hydrogen (secondary N) is 1. The number of para-hydroxylation sites is 1. The van der Waals surface area contributed by atoms with Gasteiger partial charge in [-0.1, -0.05) is 12.1 Å². The first kappa shape index (κ1) is 13.3. The van der Waals surface area contributed by atoms with Gasteiger partial charge in [-0.25, -0.2) is 0 Å². The number of hydrogen-bond acceptors (Lipinski definition) is 4. The minimum Gasteiger partial charge on any atom is -0.425 e. The molecule has 4 nitrogen and oxygen atoms in total. The maximum Gasteiger partial charge on any atom is 0.312 e. The summed E-state index contributed by atoms with van der Waals surface area (Å²) in [6.45, 7) is 2.00. The Morgan fingerprint density at radius 3 is 2.82 bits per heavy atom. The smallest absolute Gasteiger partial charge is 0.312 e. The third kappa shape index (κ3) is 1.89. The predicted molar refractivity (Wildman–Crippen MR) is 85.7 cm³/mol. The Kier molecular flexibility index (Phi) is 2.90. The van der Waals surface area contributed by atoms with Gasteiger partial charge < -0.3 is 9.72 Å². The third-order valence-corrected chi connectivity index (χ3v) is 5.20. The molecule has 0 amide bonds. The van der Waals surface area contributed by atoms with Crippen LogP contribution in [0.4, 0.5) is 0 Å². The zero-order chi connectivity index (χ0) is 15.3. The van der Waals surface area contributed by atoms with Gasteiger partial charge in [-0.3, -0.25) is 9.59 Å². The van der Waals surface area contributed by atoms with E-state index in [4.69, 9.17) is 4.74 Å². The van der Waals surface area contributed by atoms with Gasteiger partial charge in [-0.2, -0.15) is 0 Å². The summed E-state index contributed by atoms with van der Waals surface area (Å²) in [6, 6.07) is 9.39. The van der Waals surface area contributed by atoms with Crippen LogP contribution in [0.5, 0.6) is 5.75 Å². The van der Waals surface area contributed by atoms with Gasteiger partial charge in [0.1, 0.15) is 5.75 Å². The second-order valence-electron chi connectivity index (χ2n) is 5.44. The number of aromatic amines is 1. The molecule has 1 aliphatic heterocycles. The second-order valence-corrected chi connectivity index (χ2v) is 6.39. The molecule has 0 saturated carbocycles. The number of fused-ring (bicyclic) bond motifs is 3. The van der Waals surface area contributed by atoms with Crippen LogP contribution >= 0.6 is 11.3 Å². The van der Waals surface area contributed by atoms with E-state index in [1.807, 2.05) is 42.6 Å². The molecule has 4 rings (SSSR count). The number of benzene rings is 1. The molecule has 2 aromatic heterocycles. The second kappa shape index (κ2) is 4.81. The third-order valence-electron chi connectivity index (χ3n) is 4.06. The van der Waals surface area contributed by atoms with Crippen LogP contribution in [-0.2, 0) is 4.79 Å². The minimum absolute atomic E-state index is 0.181. The SMILES string of the molecule is Cc1ccsc1C1CC(=O)Oc2c1c(=O)[nH]c1ccccc21. The van der Waals surface area contributed by atoms with Gasteiger partial charge in [0.05, 0.1) is 17.5 Å². The topological polar surface area (TPSA) is 59.2 Å². The fourth-order valence-corrected chi connectivity index (χ4v) is 4.08. The zero-order valence-corrected chi connectivity index (χ0v) is 12.7. The first-order valence-corrected chi connectivity index (χ1v) is 7.92. The monoisotopic (exact) mass is 311 g/mol. The van der Waals surface area contributed by atoms with Gasteiger partial charge in [0.15, 0.2) is 0 Å². The standard InChI is InChI=1S/C17H13NO3S/c1-9-6-7-22-16(9)11-8-13(19)21-15-10-4-2-3-5-12(10)18-17(20)14(11)15/h2-7,11H,8H2,1H3,(H,18,20). The van der Waals surface area contributed by atoms with Crippen LogP contribution in [-0.4, -0.2) is 11.0 Å². The summed E-state index contributed by atoms with van der Waals surface area (Å²) in [5.74, 6) is -0.112. The Morgan fingerprint density at radius 1 is 1.23 bits per heavy atom. The highest BCUT2D eigenvalue weighted by atomic mass is 32.1. The number of esters is 1. The number of aromatic nitrogens is 1. The normalized spacial score (nSPS) is 17.3. The Hall–Kier alpha value is -2.40. The van der Waals surface area contributed by atoms with Gasteiger partial charge in [0.2, 0.25) is 0 Å². The van der Waals surface area contributed by atoms with Crippen LogP contribution in [0.25, 0.3) is 10.9 Å². The van der Waals surface area contributed by atoms with Crippen molar-refractivity contribution in [1.29, 1.82) is 0 Å². The highest BCUT2D eigenvalue weighted by Crippen LogP contribution is 2.42. The van der Waals surface area contributed by atoms with E-state index in [0.717, 1.165) is 15.8 Å². The molecule has 0 radical (unpaired) electrons. The summed E-state index contributed by atoms with van der Waals surface area (Å²) in [5, 5.41) is 2.75. The van der Waals surface area contributed by atoms with E-state index < -0.39 is 0 Å². The Morgan fingerprint density at radius 2 is 2.05 bits per heavy atom. The van der Waals surface area contributed by atoms with E-state index in [1.54, 1.807) is 11.3 Å². The van der Waals surface area contributed by atoms with Gasteiger partial charge in [0, 0.05) is 16.2 Å². The molecule has 22 heavy (non-hydrogen) atoms. The average Bonchev–Trinajstić information content (AvgIpc) is 2.92. The molecule has 0 bridgehead atoms. The zero-order valence-electron chi connectivity index (χ0n) is 11.9. The molecule has 1 unspecified atom stereocenters. The molecule has 0 spiro atoms. The highest BCUT2D eigenvalue weighted by Gasteiger charge is 2.33. The van der Waals surface area contributed by atoms with Gasteiger partial charge in [-0.05, 0) is 36.1 Å². The lowest BCUT2D eigenvalue weighted by Crippen LogP contribution is -2.28. The Balaban J connectivity index is 2.06. The molecule has 0 aliphatic carbocycles. The van der Waals surface area contributed by atoms with E-state index in [0.29, 0.717) is 16.8 Å². The maximum atomic E-state index is 12.6. The molecular weight excluding hydrogens is 298 g/mol. The van der Waals surface area contributed by atoms with Crippen molar-refractivity contribution in [3.8, 4) is 5.75 Å². The lowest BCUT2D eigenvalue weighted by molar-refractivity contribution is -0.135. The van der Waals surface area contributed by atoms with Gasteiger partial charge in [0.25, 0.3) is 5.56 Å². The molecule has 5 heteroatoms. The summed E-state index contributed by atoms with van der Waals surface area (Å²) in [6.07, 6.45) is 0.204. The van der Waals surface area contributed by atoms with Gasteiger partial charge >= 0.3 is 5.97 Å². The lowest BCUT2D eigenvalue weighted by atomic mass is 9.89. The molecule has 3 aromatic rings. The first-order valence-electron chi connectivity index (χ1n) is 7.04. The van der Waals surface area contributed by atoms with Crippen molar-refractivity contribution in [1.82, 2.24) is 4.98 Å². The number of rotatable bonds is 1. The molecule has 0 saturated heterocycles. The molecule has 0 fully saturated rings. The number of hydrogen-bond donors (Lipinski definition) is 1. The molecule has 1 aliphatic rings. The number of carbonyl (C=O) groups is 1. The molecule has 110 valence electrons. The van der Waals surface area contributed by atoms with Crippen molar-refractivity contribution in [3.63, 3.8) is 0 Å². The van der Waals surface area contributed by atoms with E-state index >= 15 is 0 Å². The molecule has 1 aromatic carbocycles. The van der Waals surface area contributed by atoms with E-state index in [2.05, 4.69) is 4.98 Å². The number of H-pyrrole nitrogens is 1. The summed E-state index contributed by atoms with van der Waals surface area (Å²) in [5.41, 5.74) is 2.16. The van der Waals surface area contributed by atoms with Crippen molar-refractivity contribution in [2.75, 3.05) is 0 Å². The van der Waals surface area contributed by atoms with E-state index in [1.165, 1.54) is 0 Å². The predicted octanol–water partition coefficient (Wildman–Crippen LogP) is 3.34. The average molecular weight is 311 g/mol. The molecular formula is C17H13NO3S. The fraction of sp³-hybridized carbons (Fsp3) is 0.176. The van der Waals surface area contributed by atoms with Crippen molar-refractivity contribution in [2.24, 2.45) is 0 Å². The fourth-order valence-electron chi connectivity index (χ4n) is 3.04. The minimum atomic E-state index is -0.291. The Labute approximate surface area is 130 Å². The summed E-state index contributed by atoms with van der Waals surface area (Å²) in [4.78, 5) is 28.6. The summed E-state index contributed by atoms with van der Waals surface area (Å²) >= 11 is 1.58. The largest absolute Gasteiger partial charge is 0.425 e. The van der Waals surface area contributed by atoms with Crippen molar-refractivity contribution >= 4 is 28.2 Å². The number of pyridine rings is 1. The van der Waals surface area contributed by atoms with E-state index in [-0.39, 0.29) is 23.9 Å². The van der Waals surface area contributed by atoms with Crippen LogP contribution < -0.4 is 10.3 Å². The van der Waals surface area contributed by atoms with Crippen LogP contribution in [0, 0.1) is 6.92 Å². The highest BCUT2D eigenvalue weighted by molar-refractivity contribution is 7.10. The summed E-state index contributed by atoms with van der Waals surface area (Å²) in [7, 11) is 0. The van der Waals surface area contributed by atoms with Gasteiger partial charge in [-0.15, -0.1) is 11.3 Å². The number of thiophene rings is 1. The number of carbonyl (C=O) groups excluding carboxylic acids is 1. The van der Waals surface area contributed by atoms with Crippen LogP contribution in [0.15, 0.2) is 40.5 Å². The van der Waals surface area contributed by atoms with Crippen molar-refractivity contribution in [2.45, 2.75) is 19.3 Å². The Bertz CT molecular complexity index is 954. The molecule has 3 heterocycles. The van der Waals surface area contributed by atoms with Crippen LogP contribution in [0.3, 0.4) is 0 Å². The van der Waals surface area contributed by atoms with Crippen molar-refractivity contribution < 1.29 is 9.53 Å². The lowest BCUT2D eigenvalue weighted by Gasteiger charge is -2.24. The quantitative estimate of drug-likeness (QED) is 0.701. The van der Waals surface area contributed by atoms with Crippen LogP contribution in [0.2, 0.25) is 0 Å². The molecule has 1 atom stereocenters. The van der Waals surface area contributed by atoms with Crippen molar-refractivity contribution in [3.05, 3.63) is 62.1 Å². The number of ether oxygens (including phenoxy) is 1. The maximum absolute atomic E-state index is 12.6. The summed E-state index contributed by atoms with van der Waals surface area (Å²) < 4.78 is 5.44. The molecule has 1 N–H and O–H groups in total.